The molecule has 3 N–H and O–H groups in total. The number of rotatable bonds is 43. The zero-order valence-electron chi connectivity index (χ0n) is 35.0. The molecule has 0 aliphatic carbocycles. The van der Waals surface area contributed by atoms with Crippen molar-refractivity contribution < 1.29 is 47.8 Å². The van der Waals surface area contributed by atoms with Crippen molar-refractivity contribution in [3.8, 4) is 0 Å². The molecule has 3 atom stereocenters. The third-order valence-corrected chi connectivity index (χ3v) is 10.7. The van der Waals surface area contributed by atoms with E-state index in [1.54, 1.807) is 0 Å². The largest absolute Gasteiger partial charge is 0.472 e. The minimum absolute atomic E-state index is 0.184. The average Bonchev–Trinajstić information content (AvgIpc) is 3.17. The van der Waals surface area contributed by atoms with Gasteiger partial charge in [-0.3, -0.25) is 18.6 Å². The first-order valence-corrected chi connectivity index (χ1v) is 23.7. The molecule has 11 heteroatoms. The van der Waals surface area contributed by atoms with Gasteiger partial charge in [0, 0.05) is 12.8 Å². The monoisotopic (exact) mass is 803 g/mol. The first kappa shape index (κ1) is 53.5. The first-order valence-electron chi connectivity index (χ1n) is 22.3. The van der Waals surface area contributed by atoms with E-state index in [4.69, 9.17) is 23.6 Å². The number of hydrogen-bond donors (Lipinski definition) is 3. The molecule has 0 radical (unpaired) electrons. The molecule has 0 amide bonds. The molecule has 10 nitrogen and oxygen atoms in total. The molecule has 0 aromatic heterocycles. The molecular weight excluding hydrogens is 719 g/mol. The second kappa shape index (κ2) is 40.6. The number of ether oxygens (including phenoxy) is 2. The summed E-state index contributed by atoms with van der Waals surface area (Å²) in [5.41, 5.74) is 0. The highest BCUT2D eigenvalue weighted by atomic mass is 31.2. The van der Waals surface area contributed by atoms with Gasteiger partial charge >= 0.3 is 19.8 Å². The highest BCUT2D eigenvalue weighted by Crippen LogP contribution is 2.43. The lowest BCUT2D eigenvalue weighted by molar-refractivity contribution is -0.161. The van der Waals surface area contributed by atoms with Gasteiger partial charge in [0.15, 0.2) is 6.10 Å². The van der Waals surface area contributed by atoms with E-state index in [0.29, 0.717) is 12.8 Å². The molecule has 0 spiro atoms. The standard InChI is InChI=1S/C44H83O10P/c1-3-5-7-9-11-13-15-17-19-20-22-23-25-27-29-31-33-35-43(47)51-39-42(40-53-55(49,50)52-38-41(46)37-45)54-44(48)36-34-32-30-28-26-24-21-18-16-14-12-10-8-6-4-2/h4,17,19,41-42,45-46H,2-3,5-16,18,20-40H2,1H3,(H,49,50)/b19-17+/t41-,42+/m0/s1. The lowest BCUT2D eigenvalue weighted by atomic mass is 10.0. The quantitative estimate of drug-likeness (QED) is 0.0235. The Hall–Kier alpha value is -1.55. The number of unbranched alkanes of at least 4 members (excludes halogenated alkanes) is 26. The molecule has 0 saturated heterocycles. The van der Waals surface area contributed by atoms with Crippen LogP contribution in [0.4, 0.5) is 0 Å². The predicted molar refractivity (Wildman–Crippen MR) is 224 cm³/mol. The van der Waals surface area contributed by atoms with Gasteiger partial charge in [-0.25, -0.2) is 4.57 Å². The fourth-order valence-electron chi connectivity index (χ4n) is 6.26. The van der Waals surface area contributed by atoms with Gasteiger partial charge in [-0.2, -0.15) is 0 Å². The van der Waals surface area contributed by atoms with E-state index in [0.717, 1.165) is 51.4 Å². The molecule has 324 valence electrons. The number of aliphatic hydroxyl groups excluding tert-OH is 2. The molecule has 1 unspecified atom stereocenters. The fraction of sp³-hybridized carbons (Fsp3) is 0.864. The summed E-state index contributed by atoms with van der Waals surface area (Å²) in [5, 5.41) is 18.3. The zero-order chi connectivity index (χ0) is 40.5. The van der Waals surface area contributed by atoms with Crippen molar-refractivity contribution in [1.29, 1.82) is 0 Å². The third kappa shape index (κ3) is 40.4. The number of aliphatic hydroxyl groups is 2. The van der Waals surface area contributed by atoms with E-state index in [-0.39, 0.29) is 19.4 Å². The predicted octanol–water partition coefficient (Wildman–Crippen LogP) is 11.8. The summed E-state index contributed by atoms with van der Waals surface area (Å²) in [5.74, 6) is -0.926. The van der Waals surface area contributed by atoms with Crippen molar-refractivity contribution in [2.24, 2.45) is 0 Å². The maximum atomic E-state index is 12.6. The number of esters is 2. The van der Waals surface area contributed by atoms with Gasteiger partial charge in [0.25, 0.3) is 0 Å². The smallest absolute Gasteiger partial charge is 0.462 e. The third-order valence-electron chi connectivity index (χ3n) is 9.72. The van der Waals surface area contributed by atoms with Gasteiger partial charge in [-0.1, -0.05) is 160 Å². The van der Waals surface area contributed by atoms with Crippen molar-refractivity contribution in [3.63, 3.8) is 0 Å². The van der Waals surface area contributed by atoms with E-state index in [1.807, 2.05) is 6.08 Å². The highest BCUT2D eigenvalue weighted by Gasteiger charge is 2.27. The van der Waals surface area contributed by atoms with Crippen molar-refractivity contribution in [2.45, 2.75) is 218 Å². The SMILES string of the molecule is C=CCCCCCCCCCCCCCCCC(=O)O[C@H](COC(=O)CCCCCCCCC/C=C/CCCCCCCC)COP(=O)(O)OC[C@@H](O)CO. The van der Waals surface area contributed by atoms with E-state index < -0.39 is 51.8 Å². The van der Waals surface area contributed by atoms with Gasteiger partial charge in [-0.15, -0.1) is 6.58 Å². The molecule has 55 heavy (non-hydrogen) atoms. The van der Waals surface area contributed by atoms with Gasteiger partial charge in [-0.05, 0) is 51.4 Å². The second-order valence-electron chi connectivity index (χ2n) is 15.2. The number of carbonyl (C=O) groups is 2. The van der Waals surface area contributed by atoms with E-state index >= 15 is 0 Å². The Balaban J connectivity index is 4.24. The van der Waals surface area contributed by atoms with Crippen LogP contribution in [0.2, 0.25) is 0 Å². The lowest BCUT2D eigenvalue weighted by Gasteiger charge is -2.20. The molecular formula is C44H83O10P. The summed E-state index contributed by atoms with van der Waals surface area (Å²) in [4.78, 5) is 35.0. The lowest BCUT2D eigenvalue weighted by Crippen LogP contribution is -2.29. The molecule has 0 aromatic rings. The Bertz CT molecular complexity index is 959. The van der Waals surface area contributed by atoms with Crippen molar-refractivity contribution in [2.75, 3.05) is 26.4 Å². The molecule has 0 aliphatic rings. The minimum atomic E-state index is -4.62. The number of phosphoric acid groups is 1. The Morgan fingerprint density at radius 2 is 0.982 bits per heavy atom. The average molecular weight is 803 g/mol. The van der Waals surface area contributed by atoms with Crippen LogP contribution in [0.25, 0.3) is 0 Å². The fourth-order valence-corrected chi connectivity index (χ4v) is 7.05. The summed E-state index contributed by atoms with van der Waals surface area (Å²) in [6, 6.07) is 0. The van der Waals surface area contributed by atoms with Gasteiger partial charge < -0.3 is 24.6 Å². The second-order valence-corrected chi connectivity index (χ2v) is 16.6. The Kier molecular flexibility index (Phi) is 39.5. The Morgan fingerprint density at radius 3 is 1.44 bits per heavy atom. The van der Waals surface area contributed by atoms with Crippen LogP contribution in [0.5, 0.6) is 0 Å². The summed E-state index contributed by atoms with van der Waals surface area (Å²) in [7, 11) is -4.62. The molecule has 0 bridgehead atoms. The topological polar surface area (TPSA) is 149 Å². The van der Waals surface area contributed by atoms with E-state index in [9.17, 15) is 24.2 Å². The first-order chi connectivity index (χ1) is 26.7. The van der Waals surface area contributed by atoms with Crippen molar-refractivity contribution >= 4 is 19.8 Å². The summed E-state index contributed by atoms with van der Waals surface area (Å²) < 4.78 is 32.7. The number of phosphoric ester groups is 1. The van der Waals surface area contributed by atoms with Gasteiger partial charge in [0.05, 0.1) is 19.8 Å². The van der Waals surface area contributed by atoms with Crippen LogP contribution >= 0.6 is 7.82 Å². The maximum Gasteiger partial charge on any atom is 0.472 e. The number of carbonyl (C=O) groups excluding carboxylic acids is 2. The van der Waals surface area contributed by atoms with Crippen molar-refractivity contribution in [3.05, 3.63) is 24.8 Å². The Labute approximate surface area is 336 Å². The van der Waals surface area contributed by atoms with Crippen LogP contribution < -0.4 is 0 Å². The summed E-state index contributed by atoms with van der Waals surface area (Å²) >= 11 is 0. The van der Waals surface area contributed by atoms with E-state index in [2.05, 4.69) is 25.7 Å². The van der Waals surface area contributed by atoms with Crippen LogP contribution in [0.1, 0.15) is 206 Å². The number of allylic oxidation sites excluding steroid dienone is 3. The normalized spacial score (nSPS) is 13.8. The van der Waals surface area contributed by atoms with Crippen LogP contribution in [-0.2, 0) is 32.7 Å². The van der Waals surface area contributed by atoms with Crippen molar-refractivity contribution in [1.82, 2.24) is 0 Å². The van der Waals surface area contributed by atoms with Crippen LogP contribution in [0, 0.1) is 0 Å². The highest BCUT2D eigenvalue weighted by molar-refractivity contribution is 7.47. The van der Waals surface area contributed by atoms with Crippen LogP contribution in [-0.4, -0.2) is 65.7 Å². The molecule has 0 fully saturated rings. The molecule has 0 heterocycles. The molecule has 0 saturated carbocycles. The maximum absolute atomic E-state index is 12.6. The molecule has 0 aromatic carbocycles. The van der Waals surface area contributed by atoms with Crippen LogP contribution in [0.15, 0.2) is 24.8 Å². The van der Waals surface area contributed by atoms with E-state index in [1.165, 1.54) is 122 Å². The minimum Gasteiger partial charge on any atom is -0.462 e. The Morgan fingerprint density at radius 1 is 0.582 bits per heavy atom. The molecule has 0 rings (SSSR count). The number of hydrogen-bond acceptors (Lipinski definition) is 9. The summed E-state index contributed by atoms with van der Waals surface area (Å²) in [6.07, 6.45) is 38.9. The van der Waals surface area contributed by atoms with Gasteiger partial charge in [0.1, 0.15) is 12.7 Å². The van der Waals surface area contributed by atoms with Crippen LogP contribution in [0.3, 0.4) is 0 Å². The summed E-state index contributed by atoms with van der Waals surface area (Å²) in [6.45, 7) is 3.91. The van der Waals surface area contributed by atoms with Gasteiger partial charge in [0.2, 0.25) is 0 Å². The molecule has 0 aliphatic heterocycles. The zero-order valence-corrected chi connectivity index (χ0v) is 35.9.